The highest BCUT2D eigenvalue weighted by atomic mass is 19.4. The average molecular weight is 538 g/mol. The van der Waals surface area contributed by atoms with Gasteiger partial charge >= 0.3 is 6.18 Å². The van der Waals surface area contributed by atoms with E-state index in [9.17, 15) is 18.0 Å². The minimum Gasteiger partial charge on any atom is -0.490 e. The molecule has 2 saturated heterocycles. The Morgan fingerprint density at radius 2 is 1.59 bits per heavy atom. The first-order chi connectivity index (χ1) is 18.8. The fourth-order valence-corrected chi connectivity index (χ4v) is 5.50. The largest absolute Gasteiger partial charge is 0.490 e. The van der Waals surface area contributed by atoms with Crippen molar-refractivity contribution >= 4 is 11.5 Å². The van der Waals surface area contributed by atoms with Gasteiger partial charge in [0.25, 0.3) is 0 Å². The predicted octanol–water partition coefficient (Wildman–Crippen LogP) is 6.63. The second kappa shape index (κ2) is 12.2. The number of hydrogen-bond acceptors (Lipinski definition) is 5. The number of hydrogen-bond donors (Lipinski definition) is 0. The molecule has 39 heavy (non-hydrogen) atoms. The van der Waals surface area contributed by atoms with E-state index in [1.807, 2.05) is 48.8 Å². The van der Waals surface area contributed by atoms with Crippen LogP contribution in [0.2, 0.25) is 0 Å². The number of ether oxygens (including phenoxy) is 1. The van der Waals surface area contributed by atoms with E-state index in [-0.39, 0.29) is 11.9 Å². The number of likely N-dealkylation sites (tertiary alicyclic amines) is 1. The second-order valence-electron chi connectivity index (χ2n) is 10.6. The standard InChI is InChI=1S/C31H34F3N3O2/c32-31(33,34)26-4-6-27(7-5-26)37-18-12-28(13-19-37)39-29-3-1-2-25(21-29)30(38)20-23-10-16-36(17-11-23)22-24-8-14-35-15-9-24/h1-9,14-15,21,23,28H,10-13,16-20,22H2. The molecule has 2 aromatic carbocycles. The number of ketones is 1. The first kappa shape index (κ1) is 27.2. The molecule has 0 N–H and O–H groups in total. The number of anilines is 1. The molecule has 206 valence electrons. The molecule has 0 spiro atoms. The number of pyridine rings is 1. The van der Waals surface area contributed by atoms with Gasteiger partial charge in [0.2, 0.25) is 0 Å². The zero-order valence-corrected chi connectivity index (χ0v) is 21.9. The molecule has 2 fully saturated rings. The lowest BCUT2D eigenvalue weighted by atomic mass is 9.89. The summed E-state index contributed by atoms with van der Waals surface area (Å²) in [6.07, 6.45) is 3.44. The molecule has 0 saturated carbocycles. The van der Waals surface area contributed by atoms with Gasteiger partial charge in [-0.15, -0.1) is 0 Å². The van der Waals surface area contributed by atoms with E-state index in [4.69, 9.17) is 4.74 Å². The lowest BCUT2D eigenvalue weighted by Crippen LogP contribution is -2.38. The molecule has 2 aliphatic heterocycles. The van der Waals surface area contributed by atoms with E-state index in [0.29, 0.717) is 36.7 Å². The van der Waals surface area contributed by atoms with Crippen molar-refractivity contribution in [2.24, 2.45) is 5.92 Å². The molecule has 8 heteroatoms. The summed E-state index contributed by atoms with van der Waals surface area (Å²) in [7, 11) is 0. The first-order valence-electron chi connectivity index (χ1n) is 13.7. The molecule has 3 aromatic rings. The van der Waals surface area contributed by atoms with E-state index in [1.165, 1.54) is 17.7 Å². The average Bonchev–Trinajstić information content (AvgIpc) is 2.95. The zero-order valence-electron chi connectivity index (χ0n) is 21.9. The highest BCUT2D eigenvalue weighted by molar-refractivity contribution is 5.96. The smallest absolute Gasteiger partial charge is 0.416 e. The van der Waals surface area contributed by atoms with Crippen LogP contribution in [0, 0.1) is 5.92 Å². The third kappa shape index (κ3) is 7.38. The van der Waals surface area contributed by atoms with Crippen LogP contribution in [-0.4, -0.2) is 48.0 Å². The van der Waals surface area contributed by atoms with Gasteiger partial charge in [-0.2, -0.15) is 13.2 Å². The van der Waals surface area contributed by atoms with Crippen molar-refractivity contribution in [2.45, 2.75) is 50.9 Å². The van der Waals surface area contributed by atoms with Crippen molar-refractivity contribution in [3.63, 3.8) is 0 Å². The van der Waals surface area contributed by atoms with Crippen LogP contribution < -0.4 is 9.64 Å². The highest BCUT2D eigenvalue weighted by Crippen LogP contribution is 2.32. The van der Waals surface area contributed by atoms with Gasteiger partial charge in [0.05, 0.1) is 5.56 Å². The molecule has 0 amide bonds. The van der Waals surface area contributed by atoms with E-state index >= 15 is 0 Å². The summed E-state index contributed by atoms with van der Waals surface area (Å²) in [5.74, 6) is 1.25. The molecule has 3 heterocycles. The molecular weight excluding hydrogens is 503 g/mol. The highest BCUT2D eigenvalue weighted by Gasteiger charge is 2.30. The Bertz CT molecular complexity index is 1220. The summed E-state index contributed by atoms with van der Waals surface area (Å²) in [5, 5.41) is 0. The van der Waals surface area contributed by atoms with Crippen molar-refractivity contribution in [1.29, 1.82) is 0 Å². The van der Waals surface area contributed by atoms with Gasteiger partial charge in [0.1, 0.15) is 11.9 Å². The van der Waals surface area contributed by atoms with Crippen LogP contribution in [-0.2, 0) is 12.7 Å². The molecule has 0 bridgehead atoms. The van der Waals surface area contributed by atoms with Gasteiger partial charge in [-0.25, -0.2) is 0 Å². The maximum atomic E-state index is 13.1. The fourth-order valence-electron chi connectivity index (χ4n) is 5.50. The molecule has 0 radical (unpaired) electrons. The molecular formula is C31H34F3N3O2. The molecule has 0 aliphatic carbocycles. The number of nitrogens with zero attached hydrogens (tertiary/aromatic N) is 3. The van der Waals surface area contributed by atoms with Crippen LogP contribution in [0.25, 0.3) is 0 Å². The van der Waals surface area contributed by atoms with Crippen molar-refractivity contribution in [2.75, 3.05) is 31.1 Å². The monoisotopic (exact) mass is 537 g/mol. The predicted molar refractivity (Wildman–Crippen MR) is 145 cm³/mol. The third-order valence-electron chi connectivity index (χ3n) is 7.80. The summed E-state index contributed by atoms with van der Waals surface area (Å²) in [5.41, 5.74) is 2.11. The normalized spacial score (nSPS) is 17.8. The van der Waals surface area contributed by atoms with Gasteiger partial charge in [-0.05, 0) is 85.9 Å². The summed E-state index contributed by atoms with van der Waals surface area (Å²) in [4.78, 5) is 21.7. The van der Waals surface area contributed by atoms with Crippen LogP contribution >= 0.6 is 0 Å². The number of alkyl halides is 3. The maximum absolute atomic E-state index is 13.1. The molecule has 5 rings (SSSR count). The number of piperidine rings is 2. The Kier molecular flexibility index (Phi) is 8.50. The van der Waals surface area contributed by atoms with Gasteiger partial charge in [-0.3, -0.25) is 14.7 Å². The minimum absolute atomic E-state index is 0.00535. The van der Waals surface area contributed by atoms with Crippen LogP contribution in [0.5, 0.6) is 5.75 Å². The third-order valence-corrected chi connectivity index (χ3v) is 7.80. The van der Waals surface area contributed by atoms with Gasteiger partial charge in [0, 0.05) is 62.5 Å². The summed E-state index contributed by atoms with van der Waals surface area (Å²) < 4.78 is 44.7. The van der Waals surface area contributed by atoms with E-state index in [0.717, 1.165) is 63.1 Å². The Labute approximate surface area is 227 Å². The molecule has 2 aliphatic rings. The molecule has 1 aromatic heterocycles. The topological polar surface area (TPSA) is 45.7 Å². The maximum Gasteiger partial charge on any atom is 0.416 e. The van der Waals surface area contributed by atoms with Gasteiger partial charge in [0.15, 0.2) is 5.78 Å². The van der Waals surface area contributed by atoms with Crippen LogP contribution in [0.15, 0.2) is 73.1 Å². The summed E-state index contributed by atoms with van der Waals surface area (Å²) in [6.45, 7) is 4.32. The number of halogens is 3. The number of rotatable bonds is 8. The van der Waals surface area contributed by atoms with Gasteiger partial charge in [-0.1, -0.05) is 12.1 Å². The first-order valence-corrected chi connectivity index (χ1v) is 13.7. The zero-order chi connectivity index (χ0) is 27.2. The lowest BCUT2D eigenvalue weighted by molar-refractivity contribution is -0.137. The van der Waals surface area contributed by atoms with E-state index in [1.54, 1.807) is 0 Å². The van der Waals surface area contributed by atoms with E-state index < -0.39 is 11.7 Å². The molecule has 0 unspecified atom stereocenters. The quantitative estimate of drug-likeness (QED) is 0.302. The van der Waals surface area contributed by atoms with Crippen LogP contribution in [0.4, 0.5) is 18.9 Å². The van der Waals surface area contributed by atoms with Crippen molar-refractivity contribution in [3.8, 4) is 5.75 Å². The van der Waals surface area contributed by atoms with Crippen LogP contribution in [0.1, 0.15) is 53.6 Å². The lowest BCUT2D eigenvalue weighted by Gasteiger charge is -2.34. The fraction of sp³-hybridized carbons (Fsp3) is 0.419. The number of Topliss-reactive ketones (excluding diaryl/α,β-unsaturated/α-hetero) is 1. The van der Waals surface area contributed by atoms with E-state index in [2.05, 4.69) is 14.8 Å². The van der Waals surface area contributed by atoms with Crippen LogP contribution in [0.3, 0.4) is 0 Å². The van der Waals surface area contributed by atoms with Crippen molar-refractivity contribution in [3.05, 3.63) is 89.7 Å². The summed E-state index contributed by atoms with van der Waals surface area (Å²) >= 11 is 0. The number of carbonyl (C=O) groups excluding carboxylic acids is 1. The number of benzene rings is 2. The minimum atomic E-state index is -4.33. The van der Waals surface area contributed by atoms with Gasteiger partial charge < -0.3 is 9.64 Å². The number of aromatic nitrogens is 1. The Morgan fingerprint density at radius 1 is 0.897 bits per heavy atom. The SMILES string of the molecule is O=C(CC1CCN(Cc2ccncc2)CC1)c1cccc(OC2CCN(c3ccc(C(F)(F)F)cc3)CC2)c1. The van der Waals surface area contributed by atoms with Crippen molar-refractivity contribution in [1.82, 2.24) is 9.88 Å². The second-order valence-corrected chi connectivity index (χ2v) is 10.6. The Hall–Kier alpha value is -3.39. The Morgan fingerprint density at radius 3 is 2.26 bits per heavy atom. The Balaban J connectivity index is 1.08. The summed E-state index contributed by atoms with van der Waals surface area (Å²) in [6, 6.07) is 16.9. The molecule has 5 nitrogen and oxygen atoms in total. The number of carbonyl (C=O) groups is 1. The molecule has 0 atom stereocenters. The van der Waals surface area contributed by atoms with Crippen molar-refractivity contribution < 1.29 is 22.7 Å².